The molecular weight excluding hydrogens is 478 g/mol. The molecule has 0 spiro atoms. The fourth-order valence-electron chi connectivity index (χ4n) is 4.75. The van der Waals surface area contributed by atoms with Gasteiger partial charge in [0.25, 0.3) is 5.91 Å². The number of amides is 1. The molecule has 1 N–H and O–H groups in total. The van der Waals surface area contributed by atoms with Crippen LogP contribution in [0.5, 0.6) is 0 Å². The van der Waals surface area contributed by atoms with E-state index in [0.29, 0.717) is 11.1 Å². The first kappa shape index (κ1) is 27.0. The van der Waals surface area contributed by atoms with Gasteiger partial charge in [0.05, 0.1) is 11.1 Å². The Morgan fingerprint density at radius 2 is 1.70 bits per heavy atom. The van der Waals surface area contributed by atoms with Gasteiger partial charge in [-0.25, -0.2) is 4.98 Å². The van der Waals surface area contributed by atoms with Crippen LogP contribution in [0.1, 0.15) is 65.5 Å². The maximum absolute atomic E-state index is 13.6. The fourth-order valence-corrected chi connectivity index (χ4v) is 6.17. The van der Waals surface area contributed by atoms with Gasteiger partial charge in [0.2, 0.25) is 0 Å². The quantitative estimate of drug-likeness (QED) is 0.284. The van der Waals surface area contributed by atoms with E-state index in [9.17, 15) is 9.59 Å². The molecule has 37 heavy (non-hydrogen) atoms. The molecule has 4 rings (SSSR count). The van der Waals surface area contributed by atoms with Crippen molar-refractivity contribution in [2.24, 2.45) is 0 Å². The van der Waals surface area contributed by atoms with E-state index >= 15 is 0 Å². The van der Waals surface area contributed by atoms with Gasteiger partial charge < -0.3 is 14.6 Å². The summed E-state index contributed by atoms with van der Waals surface area (Å²) < 4.78 is 6.67. The van der Waals surface area contributed by atoms with Crippen molar-refractivity contribution in [2.45, 2.75) is 71.7 Å². The molecule has 1 fully saturated rings. The zero-order valence-corrected chi connectivity index (χ0v) is 24.1. The number of nitrogens with zero attached hydrogens (tertiary/aromatic N) is 2. The Labute approximate surface area is 221 Å². The molecule has 1 aliphatic rings. The number of anilines is 2. The Bertz CT molecular complexity index is 1300. The highest BCUT2D eigenvalue weighted by molar-refractivity contribution is 6.74. The lowest BCUT2D eigenvalue weighted by Gasteiger charge is -2.42. The van der Waals surface area contributed by atoms with E-state index in [1.165, 1.54) is 0 Å². The number of benzene rings is 2. The van der Waals surface area contributed by atoms with Crippen molar-refractivity contribution in [1.82, 2.24) is 4.98 Å². The molecule has 6 nitrogen and oxygen atoms in total. The molecule has 0 saturated carbocycles. The number of aromatic nitrogens is 1. The summed E-state index contributed by atoms with van der Waals surface area (Å²) in [6.07, 6.45) is 2.99. The van der Waals surface area contributed by atoms with Crippen LogP contribution in [0.2, 0.25) is 18.1 Å². The average Bonchev–Trinajstić information content (AvgIpc) is 2.84. The number of aldehydes is 1. The van der Waals surface area contributed by atoms with Crippen molar-refractivity contribution in [1.29, 1.82) is 0 Å². The summed E-state index contributed by atoms with van der Waals surface area (Å²) in [4.78, 5) is 32.0. The number of fused-ring (bicyclic) bond motifs is 1. The Hall–Kier alpha value is -3.03. The van der Waals surface area contributed by atoms with Crippen LogP contribution in [0.25, 0.3) is 10.9 Å². The van der Waals surface area contributed by atoms with Gasteiger partial charge in [0.15, 0.2) is 8.32 Å². The Kier molecular flexibility index (Phi) is 7.58. The van der Waals surface area contributed by atoms with Gasteiger partial charge >= 0.3 is 0 Å². The van der Waals surface area contributed by atoms with Crippen molar-refractivity contribution >= 4 is 42.9 Å². The van der Waals surface area contributed by atoms with E-state index in [2.05, 4.69) is 44.1 Å². The van der Waals surface area contributed by atoms with Gasteiger partial charge in [-0.3, -0.25) is 9.59 Å². The Balaban J connectivity index is 1.58. The van der Waals surface area contributed by atoms with Gasteiger partial charge in [0.1, 0.15) is 12.1 Å². The van der Waals surface area contributed by atoms with E-state index in [4.69, 9.17) is 9.41 Å². The first-order valence-electron chi connectivity index (χ1n) is 13.1. The topological polar surface area (TPSA) is 71.5 Å². The minimum atomic E-state index is -1.81. The number of carbonyl (C=O) groups excluding carboxylic acids is 2. The summed E-state index contributed by atoms with van der Waals surface area (Å²) in [6.45, 7) is 17.0. The second-order valence-corrected chi connectivity index (χ2v) is 16.5. The lowest BCUT2D eigenvalue weighted by atomic mass is 10.0. The predicted octanol–water partition coefficient (Wildman–Crippen LogP) is 6.91. The second-order valence-electron chi connectivity index (χ2n) is 11.7. The zero-order valence-electron chi connectivity index (χ0n) is 23.1. The van der Waals surface area contributed by atoms with E-state index in [1.807, 2.05) is 44.2 Å². The van der Waals surface area contributed by atoms with Crippen LogP contribution < -0.4 is 10.2 Å². The van der Waals surface area contributed by atoms with Crippen LogP contribution in [0.3, 0.4) is 0 Å². The summed E-state index contributed by atoms with van der Waals surface area (Å²) in [5, 5.41) is 4.11. The summed E-state index contributed by atoms with van der Waals surface area (Å²) in [7, 11) is -1.81. The molecule has 0 unspecified atom stereocenters. The maximum atomic E-state index is 13.6. The van der Waals surface area contributed by atoms with Crippen LogP contribution in [-0.4, -0.2) is 44.7 Å². The maximum Gasteiger partial charge on any atom is 0.256 e. The van der Waals surface area contributed by atoms with E-state index in [-0.39, 0.29) is 17.0 Å². The number of piperidine rings is 1. The molecule has 0 radical (unpaired) electrons. The molecule has 196 valence electrons. The summed E-state index contributed by atoms with van der Waals surface area (Å²) >= 11 is 0. The molecule has 3 aromatic rings. The number of rotatable bonds is 6. The second kappa shape index (κ2) is 10.4. The highest BCUT2D eigenvalue weighted by Gasteiger charge is 2.39. The minimum Gasteiger partial charge on any atom is -0.414 e. The van der Waals surface area contributed by atoms with E-state index in [1.54, 1.807) is 12.1 Å². The largest absolute Gasteiger partial charge is 0.414 e. The molecule has 0 atom stereocenters. The highest BCUT2D eigenvalue weighted by atomic mass is 28.4. The van der Waals surface area contributed by atoms with Crippen molar-refractivity contribution in [2.75, 3.05) is 23.3 Å². The van der Waals surface area contributed by atoms with Crippen molar-refractivity contribution in [3.63, 3.8) is 0 Å². The third-order valence-corrected chi connectivity index (χ3v) is 12.4. The minimum absolute atomic E-state index is 0.180. The molecule has 2 heterocycles. The molecule has 0 aliphatic carbocycles. The van der Waals surface area contributed by atoms with Gasteiger partial charge in [-0.05, 0) is 80.2 Å². The van der Waals surface area contributed by atoms with E-state index < -0.39 is 8.32 Å². The van der Waals surface area contributed by atoms with Crippen molar-refractivity contribution in [3.05, 3.63) is 64.7 Å². The highest BCUT2D eigenvalue weighted by Crippen LogP contribution is 2.38. The monoisotopic (exact) mass is 517 g/mol. The number of hydrogen-bond acceptors (Lipinski definition) is 5. The molecule has 1 saturated heterocycles. The molecule has 1 aromatic heterocycles. The molecule has 0 bridgehead atoms. The molecular formula is C30H39N3O3Si. The Morgan fingerprint density at radius 3 is 2.30 bits per heavy atom. The lowest BCUT2D eigenvalue weighted by molar-refractivity contribution is 0.102. The normalized spacial score (nSPS) is 15.2. The summed E-state index contributed by atoms with van der Waals surface area (Å²) in [5.41, 5.74) is 4.45. The lowest BCUT2D eigenvalue weighted by Crippen LogP contribution is -2.47. The summed E-state index contributed by atoms with van der Waals surface area (Å²) in [5.74, 6) is 0.639. The van der Waals surface area contributed by atoms with Gasteiger partial charge in [-0.15, -0.1) is 0 Å². The van der Waals surface area contributed by atoms with Gasteiger partial charge in [-0.1, -0.05) is 39.0 Å². The van der Waals surface area contributed by atoms with Crippen LogP contribution in [0.4, 0.5) is 11.5 Å². The molecule has 1 amide bonds. The van der Waals surface area contributed by atoms with Crippen LogP contribution in [-0.2, 0) is 4.43 Å². The number of para-hydroxylation sites is 1. The number of pyridine rings is 1. The standard InChI is InChI=1S/C30H39N3O3Si/c1-20-16-22(19-34)17-21(2)28(20)32-29(35)25-18-27(31-26-11-9-8-10-24(25)26)33-14-12-23(13-15-33)36-37(6,7)30(3,4)5/h8-11,16-19,23H,12-15H2,1-7H3,(H,32,35). The first-order valence-corrected chi connectivity index (χ1v) is 16.0. The molecule has 2 aromatic carbocycles. The van der Waals surface area contributed by atoms with Gasteiger partial charge in [-0.2, -0.15) is 0 Å². The number of carbonyl (C=O) groups is 2. The Morgan fingerprint density at radius 1 is 1.08 bits per heavy atom. The van der Waals surface area contributed by atoms with E-state index in [0.717, 1.165) is 65.8 Å². The van der Waals surface area contributed by atoms with Crippen molar-refractivity contribution in [3.8, 4) is 0 Å². The number of nitrogens with one attached hydrogen (secondary N) is 1. The number of aryl methyl sites for hydroxylation is 2. The predicted molar refractivity (Wildman–Crippen MR) is 155 cm³/mol. The third-order valence-electron chi connectivity index (χ3n) is 7.91. The first-order chi connectivity index (χ1) is 17.4. The average molecular weight is 518 g/mol. The van der Waals surface area contributed by atoms with Crippen LogP contribution >= 0.6 is 0 Å². The smallest absolute Gasteiger partial charge is 0.256 e. The van der Waals surface area contributed by atoms with Gasteiger partial charge in [0, 0.05) is 35.8 Å². The fraction of sp³-hybridized carbons (Fsp3) is 0.433. The number of hydrogen-bond donors (Lipinski definition) is 1. The molecule has 1 aliphatic heterocycles. The SMILES string of the molecule is Cc1cc(C=O)cc(C)c1NC(=O)c1cc(N2CCC(O[Si](C)(C)C(C)(C)C)CC2)nc2ccccc12. The zero-order chi connectivity index (χ0) is 27.0. The van der Waals surface area contributed by atoms with Crippen molar-refractivity contribution < 1.29 is 14.0 Å². The molecule has 7 heteroatoms. The van der Waals surface area contributed by atoms with Crippen LogP contribution in [0.15, 0.2) is 42.5 Å². The summed E-state index contributed by atoms with van der Waals surface area (Å²) in [6, 6.07) is 13.3. The third kappa shape index (κ3) is 5.78. The van der Waals surface area contributed by atoms with Crippen LogP contribution in [0, 0.1) is 13.8 Å².